The van der Waals surface area contributed by atoms with Crippen molar-refractivity contribution in [3.8, 4) is 5.75 Å². The van der Waals surface area contributed by atoms with Crippen LogP contribution < -0.4 is 20.7 Å². The Labute approximate surface area is 282 Å². The summed E-state index contributed by atoms with van der Waals surface area (Å²) in [5, 5.41) is -0.604. The van der Waals surface area contributed by atoms with E-state index in [1.165, 1.54) is 0 Å². The Morgan fingerprint density at radius 1 is 0.488 bits per heavy atom. The average Bonchev–Trinajstić information content (AvgIpc) is 3.04. The zero-order valence-electron chi connectivity index (χ0n) is 26.0. The van der Waals surface area contributed by atoms with E-state index in [0.29, 0.717) is 0 Å². The molecule has 0 heterocycles. The van der Waals surface area contributed by atoms with Crippen molar-refractivity contribution in [1.82, 2.24) is 0 Å². The van der Waals surface area contributed by atoms with Gasteiger partial charge in [0.2, 0.25) is 0 Å². The molecule has 0 unspecified atom stereocenters. The SMILES string of the molecule is CBr.CC.COC.COC.COc1ccccc1.O=P(Cl)(Cl)Cl.O=P(c1ccccc1)(c1ccccc1)c1ccccc1. The maximum atomic E-state index is 13.8. The predicted molar refractivity (Wildman–Crippen MR) is 196 cm³/mol. The first-order valence-electron chi connectivity index (χ1n) is 12.8. The number of rotatable bonds is 4. The van der Waals surface area contributed by atoms with E-state index >= 15 is 0 Å². The van der Waals surface area contributed by atoms with Crippen molar-refractivity contribution in [1.29, 1.82) is 0 Å². The summed E-state index contributed by atoms with van der Waals surface area (Å²) in [6, 6.07) is 38.8. The second kappa shape index (κ2) is 30.4. The number of hydrogen-bond donors (Lipinski definition) is 0. The summed E-state index contributed by atoms with van der Waals surface area (Å²) in [7, 11) is 5.39. The molecule has 43 heavy (non-hydrogen) atoms. The van der Waals surface area contributed by atoms with E-state index in [0.717, 1.165) is 21.7 Å². The van der Waals surface area contributed by atoms with Crippen LogP contribution in [0.3, 0.4) is 0 Å². The highest BCUT2D eigenvalue weighted by atomic mass is 79.9. The number of ether oxygens (including phenoxy) is 3. The van der Waals surface area contributed by atoms with Crippen molar-refractivity contribution in [3.63, 3.8) is 0 Å². The fourth-order valence-electron chi connectivity index (χ4n) is 2.92. The smallest absolute Gasteiger partial charge is 0.339 e. The first-order chi connectivity index (χ1) is 20.6. The third kappa shape index (κ3) is 23.5. The predicted octanol–water partition coefficient (Wildman–Crippen LogP) is 10.4. The van der Waals surface area contributed by atoms with E-state index in [2.05, 4.69) is 59.1 Å². The molecule has 4 aromatic rings. The van der Waals surface area contributed by atoms with Gasteiger partial charge in [0.05, 0.1) is 7.11 Å². The molecular formula is C32H44BrCl3O5P2. The molecule has 0 aliphatic rings. The van der Waals surface area contributed by atoms with Gasteiger partial charge in [-0.15, -0.1) is 0 Å². The number of benzene rings is 4. The van der Waals surface area contributed by atoms with Crippen LogP contribution >= 0.6 is 62.0 Å². The van der Waals surface area contributed by atoms with E-state index in [4.69, 9.17) is 4.74 Å². The van der Waals surface area contributed by atoms with E-state index in [-0.39, 0.29) is 0 Å². The molecule has 240 valence electrons. The zero-order chi connectivity index (χ0) is 33.6. The summed E-state index contributed by atoms with van der Waals surface area (Å²) >= 11 is 16.8. The summed E-state index contributed by atoms with van der Waals surface area (Å²) < 4.78 is 36.7. The lowest BCUT2D eigenvalue weighted by molar-refractivity contribution is 0.277. The van der Waals surface area contributed by atoms with Crippen LogP contribution in [0.4, 0.5) is 0 Å². The van der Waals surface area contributed by atoms with Gasteiger partial charge in [-0.25, -0.2) is 0 Å². The van der Waals surface area contributed by atoms with Crippen LogP contribution in [0.1, 0.15) is 13.8 Å². The highest BCUT2D eigenvalue weighted by Gasteiger charge is 2.28. The van der Waals surface area contributed by atoms with Gasteiger partial charge in [-0.3, -0.25) is 4.57 Å². The molecule has 4 rings (SSSR count). The largest absolute Gasteiger partial charge is 0.497 e. The van der Waals surface area contributed by atoms with Gasteiger partial charge in [-0.05, 0) is 51.7 Å². The quantitative estimate of drug-likeness (QED) is 0.153. The number of hydrogen-bond acceptors (Lipinski definition) is 5. The molecule has 0 aliphatic heterocycles. The highest BCUT2D eigenvalue weighted by Crippen LogP contribution is 2.61. The van der Waals surface area contributed by atoms with Gasteiger partial charge in [-0.1, -0.05) is 139 Å². The van der Waals surface area contributed by atoms with Crippen molar-refractivity contribution in [3.05, 3.63) is 121 Å². The fraction of sp³-hybridized carbons (Fsp3) is 0.250. The first kappa shape index (κ1) is 45.8. The van der Waals surface area contributed by atoms with Gasteiger partial charge in [-0.2, -0.15) is 0 Å². The summed E-state index contributed by atoms with van der Waals surface area (Å²) in [4.78, 5) is 0. The second-order valence-corrected chi connectivity index (χ2v) is 16.8. The van der Waals surface area contributed by atoms with Crippen molar-refractivity contribution in [2.24, 2.45) is 0 Å². The Morgan fingerprint density at radius 3 is 0.837 bits per heavy atom. The van der Waals surface area contributed by atoms with Gasteiger partial charge in [0.1, 0.15) is 5.75 Å². The van der Waals surface area contributed by atoms with Crippen LogP contribution in [-0.2, 0) is 18.6 Å². The minimum atomic E-state index is -3.22. The third-order valence-corrected chi connectivity index (χ3v) is 7.41. The van der Waals surface area contributed by atoms with Crippen LogP contribution in [0.25, 0.3) is 0 Å². The topological polar surface area (TPSA) is 61.8 Å². The average molecular weight is 757 g/mol. The van der Waals surface area contributed by atoms with Crippen molar-refractivity contribution in [2.45, 2.75) is 13.8 Å². The Kier molecular flexibility index (Phi) is 32.4. The lowest BCUT2D eigenvalue weighted by Gasteiger charge is -2.19. The molecule has 0 N–H and O–H groups in total. The van der Waals surface area contributed by atoms with Gasteiger partial charge in [0.15, 0.2) is 7.14 Å². The molecule has 0 spiro atoms. The molecule has 11 heteroatoms. The normalized spacial score (nSPS) is 9.30. The lowest BCUT2D eigenvalue weighted by Crippen LogP contribution is -2.24. The van der Waals surface area contributed by atoms with E-state index in [1.54, 1.807) is 35.5 Å². The molecule has 5 nitrogen and oxygen atoms in total. The molecule has 0 radical (unpaired) electrons. The van der Waals surface area contributed by atoms with Crippen molar-refractivity contribution < 1.29 is 23.3 Å². The Morgan fingerprint density at radius 2 is 0.674 bits per heavy atom. The zero-order valence-corrected chi connectivity index (χ0v) is 31.6. The minimum Gasteiger partial charge on any atom is -0.497 e. The van der Waals surface area contributed by atoms with Crippen LogP contribution in [-0.4, -0.2) is 41.4 Å². The first-order valence-corrected chi connectivity index (χ1v) is 20.5. The standard InChI is InChI=1S/C18H15OP.C7H8O.2C2H6O.C2H6.CH3Br.Cl3OP/c19-20(16-10-4-1-5-11-16,17-12-6-2-7-13-17)18-14-8-3-9-15-18;1-8-7-5-3-2-4-6-7;2*1-3-2;2*1-2;1-5(2,3)4/h1-15H;2-6H,1H3;2*1-2H3;1-2H3;1H3;. The van der Waals surface area contributed by atoms with E-state index in [9.17, 15) is 9.13 Å². The van der Waals surface area contributed by atoms with Gasteiger partial charge < -0.3 is 18.8 Å². The molecule has 0 aliphatic carbocycles. The summed E-state index contributed by atoms with van der Waals surface area (Å²) in [5.41, 5.74) is 0. The summed E-state index contributed by atoms with van der Waals surface area (Å²) in [6.07, 6.45) is 0. The van der Waals surface area contributed by atoms with Crippen LogP contribution in [0.15, 0.2) is 121 Å². The second-order valence-electron chi connectivity index (χ2n) is 7.35. The Bertz CT molecular complexity index is 1110. The number of halogens is 4. The maximum absolute atomic E-state index is 13.8. The molecule has 0 saturated heterocycles. The minimum absolute atomic E-state index is 0.873. The van der Waals surface area contributed by atoms with E-state index < -0.39 is 12.3 Å². The molecule has 0 aromatic heterocycles. The van der Waals surface area contributed by atoms with Gasteiger partial charge in [0, 0.05) is 44.4 Å². The van der Waals surface area contributed by atoms with Crippen LogP contribution in [0.2, 0.25) is 0 Å². The molecule has 0 atom stereocenters. The Hall–Kier alpha value is -1.59. The van der Waals surface area contributed by atoms with Crippen molar-refractivity contribution >= 4 is 77.9 Å². The number of alkyl halides is 1. The molecular weight excluding hydrogens is 713 g/mol. The molecule has 0 amide bonds. The molecule has 0 fully saturated rings. The number of methoxy groups -OCH3 is 3. The third-order valence-electron chi connectivity index (χ3n) is 4.34. The number of para-hydroxylation sites is 1. The molecule has 4 aromatic carbocycles. The molecule has 0 bridgehead atoms. The van der Waals surface area contributed by atoms with Gasteiger partial charge >= 0.3 is 5.20 Å². The maximum Gasteiger partial charge on any atom is 0.339 e. The van der Waals surface area contributed by atoms with Crippen LogP contribution in [0, 0.1) is 0 Å². The summed E-state index contributed by atoms with van der Waals surface area (Å²) in [6.45, 7) is 4.00. The fourth-order valence-corrected chi connectivity index (χ4v) is 5.59. The monoisotopic (exact) mass is 754 g/mol. The molecule has 0 saturated carbocycles. The van der Waals surface area contributed by atoms with Crippen LogP contribution in [0.5, 0.6) is 5.75 Å². The van der Waals surface area contributed by atoms with E-state index in [1.807, 2.05) is 141 Å². The highest BCUT2D eigenvalue weighted by molar-refractivity contribution is 9.08. The Balaban J connectivity index is -0.000000576. The lowest BCUT2D eigenvalue weighted by atomic mass is 10.3. The van der Waals surface area contributed by atoms with Crippen molar-refractivity contribution in [2.75, 3.05) is 41.4 Å². The summed E-state index contributed by atoms with van der Waals surface area (Å²) in [5.74, 6) is 2.72. The van der Waals surface area contributed by atoms with Gasteiger partial charge in [0.25, 0.3) is 0 Å².